The highest BCUT2D eigenvalue weighted by molar-refractivity contribution is 7.17. The predicted octanol–water partition coefficient (Wildman–Crippen LogP) is 1.56. The Morgan fingerprint density at radius 3 is 2.92 bits per heavy atom. The van der Waals surface area contributed by atoms with Crippen molar-refractivity contribution in [3.8, 4) is 0 Å². The summed E-state index contributed by atoms with van der Waals surface area (Å²) in [5.74, 6) is -0.475. The number of hydrogen-bond acceptors (Lipinski definition) is 5. The molecule has 0 aliphatic carbocycles. The van der Waals surface area contributed by atoms with Crippen LogP contribution in [0.2, 0.25) is 5.15 Å². The van der Waals surface area contributed by atoms with Crippen molar-refractivity contribution < 1.29 is 9.53 Å². The highest BCUT2D eigenvalue weighted by Crippen LogP contribution is 2.25. The maximum Gasteiger partial charge on any atom is 0.351 e. The Hall–Kier alpha value is -0.810. The number of carbonyl (C=O) groups is 1. The highest BCUT2D eigenvalue weighted by Gasteiger charge is 2.16. The number of esters is 1. The number of nitrogen functional groups attached to an aromatic ring is 1. The Labute approximate surface area is 78.3 Å². The maximum absolute atomic E-state index is 11.1. The molecular formula is C6H7ClN2O2S. The van der Waals surface area contributed by atoms with E-state index in [2.05, 4.69) is 4.98 Å². The number of aromatic nitrogens is 1. The summed E-state index contributed by atoms with van der Waals surface area (Å²) < 4.78 is 4.71. The van der Waals surface area contributed by atoms with Gasteiger partial charge in [-0.25, -0.2) is 9.78 Å². The van der Waals surface area contributed by atoms with E-state index in [1.165, 1.54) is 0 Å². The highest BCUT2D eigenvalue weighted by atomic mass is 35.5. The molecule has 0 amide bonds. The summed E-state index contributed by atoms with van der Waals surface area (Å²) in [5.41, 5.74) is 5.33. The molecule has 0 unspecified atom stereocenters. The van der Waals surface area contributed by atoms with Crippen LogP contribution in [-0.4, -0.2) is 17.6 Å². The van der Waals surface area contributed by atoms with Crippen molar-refractivity contribution in [1.82, 2.24) is 4.98 Å². The first-order valence-corrected chi connectivity index (χ1v) is 4.43. The van der Waals surface area contributed by atoms with Crippen LogP contribution in [0.4, 0.5) is 5.13 Å². The molecule has 0 aliphatic heterocycles. The van der Waals surface area contributed by atoms with E-state index in [-0.39, 0.29) is 15.2 Å². The van der Waals surface area contributed by atoms with Crippen LogP contribution in [0.1, 0.15) is 16.6 Å². The Kier molecular flexibility index (Phi) is 2.88. The van der Waals surface area contributed by atoms with Crippen molar-refractivity contribution in [3.05, 3.63) is 10.0 Å². The largest absolute Gasteiger partial charge is 0.462 e. The molecule has 12 heavy (non-hydrogen) atoms. The van der Waals surface area contributed by atoms with E-state index in [1.807, 2.05) is 0 Å². The van der Waals surface area contributed by atoms with Crippen LogP contribution in [-0.2, 0) is 4.74 Å². The number of ether oxygens (including phenoxy) is 1. The summed E-state index contributed by atoms with van der Waals surface area (Å²) in [6.07, 6.45) is 0. The molecule has 0 saturated heterocycles. The van der Waals surface area contributed by atoms with Crippen molar-refractivity contribution in [2.45, 2.75) is 6.92 Å². The quantitative estimate of drug-likeness (QED) is 0.746. The molecule has 0 saturated carbocycles. The molecule has 0 aliphatic rings. The second-order valence-corrected chi connectivity index (χ2v) is 3.28. The van der Waals surface area contributed by atoms with Crippen molar-refractivity contribution in [2.75, 3.05) is 12.3 Å². The van der Waals surface area contributed by atoms with Gasteiger partial charge in [-0.1, -0.05) is 22.9 Å². The monoisotopic (exact) mass is 206 g/mol. The Balaban J connectivity index is 2.87. The summed E-state index contributed by atoms with van der Waals surface area (Å²) in [6.45, 7) is 2.03. The molecule has 1 rings (SSSR count). The lowest BCUT2D eigenvalue weighted by Gasteiger charge is -1.96. The standard InChI is InChI=1S/C6H7ClN2O2S/c1-2-11-5(10)3-4(7)9-6(8)12-3/h2H2,1H3,(H2,8,9). The number of rotatable bonds is 2. The van der Waals surface area contributed by atoms with Crippen LogP contribution in [0, 0.1) is 0 Å². The molecule has 1 aromatic heterocycles. The first-order chi connectivity index (χ1) is 5.65. The van der Waals surface area contributed by atoms with Gasteiger partial charge < -0.3 is 10.5 Å². The van der Waals surface area contributed by atoms with Crippen molar-refractivity contribution in [2.24, 2.45) is 0 Å². The van der Waals surface area contributed by atoms with Crippen LogP contribution in [0.15, 0.2) is 0 Å². The zero-order valence-corrected chi connectivity index (χ0v) is 7.91. The van der Waals surface area contributed by atoms with Gasteiger partial charge in [-0.15, -0.1) is 0 Å². The molecule has 6 heteroatoms. The van der Waals surface area contributed by atoms with Gasteiger partial charge in [0.15, 0.2) is 15.2 Å². The minimum Gasteiger partial charge on any atom is -0.462 e. The lowest BCUT2D eigenvalue weighted by molar-refractivity contribution is 0.0532. The minimum absolute atomic E-state index is 0.107. The fraction of sp³-hybridized carbons (Fsp3) is 0.333. The van der Waals surface area contributed by atoms with Crippen molar-refractivity contribution in [3.63, 3.8) is 0 Å². The van der Waals surface area contributed by atoms with Gasteiger partial charge in [-0.3, -0.25) is 0 Å². The first-order valence-electron chi connectivity index (χ1n) is 3.24. The fourth-order valence-corrected chi connectivity index (χ4v) is 1.59. The van der Waals surface area contributed by atoms with Gasteiger partial charge in [0.2, 0.25) is 0 Å². The molecule has 0 radical (unpaired) electrons. The van der Waals surface area contributed by atoms with Gasteiger partial charge in [-0.2, -0.15) is 0 Å². The molecule has 2 N–H and O–H groups in total. The van der Waals surface area contributed by atoms with Gasteiger partial charge in [-0.05, 0) is 6.92 Å². The van der Waals surface area contributed by atoms with E-state index in [0.29, 0.717) is 6.61 Å². The van der Waals surface area contributed by atoms with E-state index in [4.69, 9.17) is 22.1 Å². The third kappa shape index (κ3) is 1.86. The number of nitrogens with two attached hydrogens (primary N) is 1. The molecule has 0 atom stereocenters. The third-order valence-electron chi connectivity index (χ3n) is 1.06. The van der Waals surface area contributed by atoms with Gasteiger partial charge in [0, 0.05) is 0 Å². The molecular weight excluding hydrogens is 200 g/mol. The Morgan fingerprint density at radius 1 is 1.83 bits per heavy atom. The number of halogens is 1. The van der Waals surface area contributed by atoms with E-state index in [1.54, 1.807) is 6.92 Å². The first kappa shape index (κ1) is 9.28. The van der Waals surface area contributed by atoms with Gasteiger partial charge in [0.05, 0.1) is 6.61 Å². The molecule has 4 nitrogen and oxygen atoms in total. The summed E-state index contributed by atoms with van der Waals surface area (Å²) in [5, 5.41) is 0.374. The summed E-state index contributed by atoms with van der Waals surface area (Å²) in [7, 11) is 0. The van der Waals surface area contributed by atoms with E-state index >= 15 is 0 Å². The van der Waals surface area contributed by atoms with Crippen LogP contribution in [0.25, 0.3) is 0 Å². The third-order valence-corrected chi connectivity index (χ3v) is 2.31. The molecule has 0 bridgehead atoms. The fourth-order valence-electron chi connectivity index (χ4n) is 0.640. The topological polar surface area (TPSA) is 65.2 Å². The van der Waals surface area contributed by atoms with Gasteiger partial charge in [0.25, 0.3) is 0 Å². The number of nitrogens with zero attached hydrogens (tertiary/aromatic N) is 1. The second-order valence-electron chi connectivity index (χ2n) is 1.89. The summed E-state index contributed by atoms with van der Waals surface area (Å²) in [6, 6.07) is 0. The number of thiazole rings is 1. The smallest absolute Gasteiger partial charge is 0.351 e. The SMILES string of the molecule is CCOC(=O)c1sc(N)nc1Cl. The molecule has 66 valence electrons. The Bertz CT molecular complexity index is 300. The van der Waals surface area contributed by atoms with Gasteiger partial charge in [0.1, 0.15) is 0 Å². The summed E-state index contributed by atoms with van der Waals surface area (Å²) in [4.78, 5) is 15.0. The lowest BCUT2D eigenvalue weighted by Crippen LogP contribution is -2.02. The van der Waals surface area contributed by atoms with Crippen molar-refractivity contribution >= 4 is 34.0 Å². The average Bonchev–Trinajstić information content (AvgIpc) is 2.30. The normalized spacial score (nSPS) is 9.83. The zero-order valence-electron chi connectivity index (χ0n) is 6.33. The van der Waals surface area contributed by atoms with Crippen LogP contribution in [0.3, 0.4) is 0 Å². The maximum atomic E-state index is 11.1. The molecule has 0 spiro atoms. The van der Waals surface area contributed by atoms with Crippen LogP contribution < -0.4 is 5.73 Å². The van der Waals surface area contributed by atoms with E-state index < -0.39 is 5.97 Å². The number of hydrogen-bond donors (Lipinski definition) is 1. The van der Waals surface area contributed by atoms with E-state index in [9.17, 15) is 4.79 Å². The summed E-state index contributed by atoms with van der Waals surface area (Å²) >= 11 is 6.62. The van der Waals surface area contributed by atoms with Crippen LogP contribution >= 0.6 is 22.9 Å². The minimum atomic E-state index is -0.475. The van der Waals surface area contributed by atoms with Crippen molar-refractivity contribution in [1.29, 1.82) is 0 Å². The number of anilines is 1. The number of carbonyl (C=O) groups excluding carboxylic acids is 1. The van der Waals surface area contributed by atoms with E-state index in [0.717, 1.165) is 11.3 Å². The van der Waals surface area contributed by atoms with Gasteiger partial charge >= 0.3 is 5.97 Å². The molecule has 1 heterocycles. The molecule has 1 aromatic rings. The molecule has 0 fully saturated rings. The zero-order chi connectivity index (χ0) is 9.14. The average molecular weight is 207 g/mol. The lowest BCUT2D eigenvalue weighted by atomic mass is 10.5. The predicted molar refractivity (Wildman–Crippen MR) is 47.5 cm³/mol. The second kappa shape index (κ2) is 3.73. The molecule has 0 aromatic carbocycles. The Morgan fingerprint density at radius 2 is 2.50 bits per heavy atom. The van der Waals surface area contributed by atoms with Crippen LogP contribution in [0.5, 0.6) is 0 Å².